The summed E-state index contributed by atoms with van der Waals surface area (Å²) in [5.74, 6) is 1.29. The Bertz CT molecular complexity index is 248. The van der Waals surface area contributed by atoms with E-state index in [1.165, 1.54) is 0 Å². The van der Waals surface area contributed by atoms with E-state index in [-0.39, 0.29) is 17.1 Å². The molecule has 0 fully saturated rings. The van der Waals surface area contributed by atoms with Gasteiger partial charge in [0.2, 0.25) is 0 Å². The van der Waals surface area contributed by atoms with Crippen molar-refractivity contribution in [1.29, 1.82) is 0 Å². The van der Waals surface area contributed by atoms with Gasteiger partial charge in [0, 0.05) is 24.1 Å². The lowest BCUT2D eigenvalue weighted by Gasteiger charge is -2.24. The number of carbonyl (C=O) groups is 1. The molecule has 2 atom stereocenters. The molecule has 0 aromatic rings. The summed E-state index contributed by atoms with van der Waals surface area (Å²) in [5, 5.41) is 0.262. The molecule has 2 unspecified atom stereocenters. The lowest BCUT2D eigenvalue weighted by Crippen LogP contribution is -2.30. The molecule has 0 spiro atoms. The van der Waals surface area contributed by atoms with Crippen LogP contribution < -0.4 is 5.73 Å². The van der Waals surface area contributed by atoms with Crippen LogP contribution in [0.3, 0.4) is 0 Å². The number of thioether (sulfide) groups is 1. The third-order valence-electron chi connectivity index (χ3n) is 2.88. The average Bonchev–Trinajstić information content (AvgIpc) is 2.32. The van der Waals surface area contributed by atoms with Gasteiger partial charge in [-0.3, -0.25) is 4.79 Å². The molecule has 0 rings (SSSR count). The number of nitrogens with two attached hydrogens (primary N) is 1. The monoisotopic (exact) mass is 290 g/mol. The van der Waals surface area contributed by atoms with Crippen molar-refractivity contribution >= 4 is 17.7 Å². The van der Waals surface area contributed by atoms with E-state index in [0.717, 1.165) is 18.7 Å². The van der Waals surface area contributed by atoms with Gasteiger partial charge in [0.05, 0.1) is 5.92 Å². The van der Waals surface area contributed by atoms with Gasteiger partial charge in [0.25, 0.3) is 0 Å². The Morgan fingerprint density at radius 2 is 1.95 bits per heavy atom. The number of ether oxygens (including phenoxy) is 1. The molecule has 0 amide bonds. The fourth-order valence-electron chi connectivity index (χ4n) is 1.79. The molecule has 0 saturated heterocycles. The molecule has 0 aromatic carbocycles. The fourth-order valence-corrected chi connectivity index (χ4v) is 2.76. The zero-order valence-corrected chi connectivity index (χ0v) is 13.8. The highest BCUT2D eigenvalue weighted by molar-refractivity contribution is 7.99. The number of hydrogen-bond acceptors (Lipinski definition) is 5. The molecule has 0 saturated carbocycles. The largest absolute Gasteiger partial charge is 0.464 e. The second-order valence-corrected chi connectivity index (χ2v) is 7.06. The van der Waals surface area contributed by atoms with Crippen LogP contribution in [0.1, 0.15) is 27.2 Å². The third kappa shape index (κ3) is 9.30. The number of nitrogens with zero attached hydrogens (tertiary/aromatic N) is 1. The SMILES string of the molecule is CC(C)CC(C(=O)OCCN(C)C)C(C)SCCN. The van der Waals surface area contributed by atoms with Gasteiger partial charge in [-0.25, -0.2) is 0 Å². The quantitative estimate of drug-likeness (QED) is 0.622. The molecule has 0 bridgehead atoms. The number of carbonyl (C=O) groups excluding carboxylic acids is 1. The Morgan fingerprint density at radius 3 is 2.42 bits per heavy atom. The van der Waals surface area contributed by atoms with E-state index >= 15 is 0 Å². The van der Waals surface area contributed by atoms with Gasteiger partial charge in [-0.05, 0) is 26.4 Å². The van der Waals surface area contributed by atoms with E-state index in [0.29, 0.717) is 19.1 Å². The molecule has 0 heterocycles. The van der Waals surface area contributed by atoms with E-state index in [1.807, 2.05) is 19.0 Å². The maximum Gasteiger partial charge on any atom is 0.310 e. The van der Waals surface area contributed by atoms with Crippen LogP contribution >= 0.6 is 11.8 Å². The summed E-state index contributed by atoms with van der Waals surface area (Å²) in [6.45, 7) is 8.26. The summed E-state index contributed by atoms with van der Waals surface area (Å²) in [6.07, 6.45) is 0.875. The van der Waals surface area contributed by atoms with E-state index in [1.54, 1.807) is 11.8 Å². The minimum Gasteiger partial charge on any atom is -0.464 e. The van der Waals surface area contributed by atoms with Gasteiger partial charge < -0.3 is 15.4 Å². The minimum atomic E-state index is -0.0624. The van der Waals surface area contributed by atoms with Gasteiger partial charge >= 0.3 is 5.97 Å². The molecular formula is C14H30N2O2S. The normalized spacial score (nSPS) is 14.7. The topological polar surface area (TPSA) is 55.6 Å². The van der Waals surface area contributed by atoms with E-state index in [2.05, 4.69) is 20.8 Å². The number of esters is 1. The van der Waals surface area contributed by atoms with Gasteiger partial charge in [0.1, 0.15) is 6.61 Å². The minimum absolute atomic E-state index is 0.0290. The second-order valence-electron chi connectivity index (χ2n) is 5.57. The fraction of sp³-hybridized carbons (Fsp3) is 0.929. The maximum absolute atomic E-state index is 12.2. The Morgan fingerprint density at radius 1 is 1.32 bits per heavy atom. The molecule has 114 valence electrons. The van der Waals surface area contributed by atoms with Crippen molar-refractivity contribution in [2.24, 2.45) is 17.6 Å². The molecular weight excluding hydrogens is 260 g/mol. The predicted octanol–water partition coefficient (Wildman–Crippen LogP) is 1.83. The van der Waals surface area contributed by atoms with Crippen LogP contribution in [0.15, 0.2) is 0 Å². The lowest BCUT2D eigenvalue weighted by atomic mass is 9.94. The van der Waals surface area contributed by atoms with Crippen LogP contribution in [0.2, 0.25) is 0 Å². The van der Waals surface area contributed by atoms with Crippen LogP contribution in [0.25, 0.3) is 0 Å². The number of hydrogen-bond donors (Lipinski definition) is 1. The zero-order chi connectivity index (χ0) is 14.8. The van der Waals surface area contributed by atoms with Crippen molar-refractivity contribution in [2.75, 3.05) is 39.5 Å². The second kappa shape index (κ2) is 10.5. The summed E-state index contributed by atoms with van der Waals surface area (Å²) >= 11 is 1.76. The summed E-state index contributed by atoms with van der Waals surface area (Å²) < 4.78 is 5.39. The molecule has 5 heteroatoms. The summed E-state index contributed by atoms with van der Waals surface area (Å²) in [6, 6.07) is 0. The Hall–Kier alpha value is -0.260. The lowest BCUT2D eigenvalue weighted by molar-refractivity contribution is -0.149. The standard InChI is InChI=1S/C14H30N2O2S/c1-11(2)10-13(12(3)19-9-6-15)14(17)18-8-7-16(4)5/h11-13H,6-10,15H2,1-5H3. The van der Waals surface area contributed by atoms with Crippen LogP contribution in [0.5, 0.6) is 0 Å². The molecule has 0 aliphatic rings. The summed E-state index contributed by atoms with van der Waals surface area (Å²) in [4.78, 5) is 14.2. The molecule has 0 aliphatic carbocycles. The van der Waals surface area contributed by atoms with Crippen molar-refractivity contribution < 1.29 is 9.53 Å². The van der Waals surface area contributed by atoms with E-state index in [9.17, 15) is 4.79 Å². The Kier molecular flexibility index (Phi) is 10.4. The highest BCUT2D eigenvalue weighted by Gasteiger charge is 2.27. The molecule has 4 nitrogen and oxygen atoms in total. The molecule has 19 heavy (non-hydrogen) atoms. The highest BCUT2D eigenvalue weighted by atomic mass is 32.2. The van der Waals surface area contributed by atoms with Crippen molar-refractivity contribution in [3.63, 3.8) is 0 Å². The average molecular weight is 290 g/mol. The first-order valence-corrected chi connectivity index (χ1v) is 8.06. The Labute approximate surface area is 122 Å². The van der Waals surface area contributed by atoms with Gasteiger partial charge in [-0.2, -0.15) is 11.8 Å². The smallest absolute Gasteiger partial charge is 0.310 e. The predicted molar refractivity (Wildman–Crippen MR) is 83.4 cm³/mol. The first-order valence-electron chi connectivity index (χ1n) is 7.01. The van der Waals surface area contributed by atoms with Crippen molar-refractivity contribution in [2.45, 2.75) is 32.4 Å². The van der Waals surface area contributed by atoms with Crippen LogP contribution in [0, 0.1) is 11.8 Å². The van der Waals surface area contributed by atoms with Crippen molar-refractivity contribution in [3.05, 3.63) is 0 Å². The Balaban J connectivity index is 4.33. The first kappa shape index (κ1) is 18.7. The summed E-state index contributed by atoms with van der Waals surface area (Å²) in [5.41, 5.74) is 5.53. The van der Waals surface area contributed by atoms with Gasteiger partial charge in [-0.1, -0.05) is 20.8 Å². The van der Waals surface area contributed by atoms with Crippen molar-refractivity contribution in [3.8, 4) is 0 Å². The first-order chi connectivity index (χ1) is 8.88. The van der Waals surface area contributed by atoms with Crippen LogP contribution in [-0.4, -0.2) is 55.7 Å². The molecule has 0 aromatic heterocycles. The maximum atomic E-state index is 12.2. The van der Waals surface area contributed by atoms with Gasteiger partial charge in [-0.15, -0.1) is 0 Å². The molecule has 0 radical (unpaired) electrons. The van der Waals surface area contributed by atoms with Crippen molar-refractivity contribution in [1.82, 2.24) is 4.90 Å². The summed E-state index contributed by atoms with van der Waals surface area (Å²) in [7, 11) is 3.94. The van der Waals surface area contributed by atoms with Gasteiger partial charge in [0.15, 0.2) is 0 Å². The van der Waals surface area contributed by atoms with E-state index in [4.69, 9.17) is 10.5 Å². The van der Waals surface area contributed by atoms with Crippen LogP contribution in [-0.2, 0) is 9.53 Å². The molecule has 0 aliphatic heterocycles. The van der Waals surface area contributed by atoms with E-state index < -0.39 is 0 Å². The molecule has 2 N–H and O–H groups in total. The third-order valence-corrected chi connectivity index (χ3v) is 4.20. The zero-order valence-electron chi connectivity index (χ0n) is 13.0. The number of likely N-dealkylation sites (N-methyl/N-ethyl adjacent to an activating group) is 1. The van der Waals surface area contributed by atoms with Crippen LogP contribution in [0.4, 0.5) is 0 Å². The number of rotatable bonds is 10. The highest BCUT2D eigenvalue weighted by Crippen LogP contribution is 2.26.